The van der Waals surface area contributed by atoms with Gasteiger partial charge in [-0.1, -0.05) is 23.8 Å². The summed E-state index contributed by atoms with van der Waals surface area (Å²) in [5, 5.41) is 3.48. The molecule has 0 aromatic heterocycles. The number of nitrogens with one attached hydrogen (secondary N) is 1. The second-order valence-corrected chi connectivity index (χ2v) is 5.19. The van der Waals surface area contributed by atoms with Crippen molar-refractivity contribution in [3.05, 3.63) is 34.9 Å². The van der Waals surface area contributed by atoms with E-state index < -0.39 is 0 Å². The maximum atomic E-state index is 3.48. The normalized spacial score (nSPS) is 23.0. The molecule has 1 spiro atoms. The summed E-state index contributed by atoms with van der Waals surface area (Å²) < 4.78 is 0. The van der Waals surface area contributed by atoms with Crippen LogP contribution in [0.2, 0.25) is 0 Å². The van der Waals surface area contributed by atoms with Crippen LogP contribution < -0.4 is 5.32 Å². The third-order valence-electron chi connectivity index (χ3n) is 4.27. The van der Waals surface area contributed by atoms with E-state index in [1.54, 1.807) is 11.1 Å². The Bertz CT molecular complexity index is 375. The van der Waals surface area contributed by atoms with Gasteiger partial charge < -0.3 is 5.32 Å². The third kappa shape index (κ3) is 1.41. The van der Waals surface area contributed by atoms with Gasteiger partial charge in [0.15, 0.2) is 0 Å². The molecule has 0 amide bonds. The Hall–Kier alpha value is -0.820. The minimum atomic E-state index is 0.536. The minimum absolute atomic E-state index is 0.536. The van der Waals surface area contributed by atoms with Gasteiger partial charge in [-0.3, -0.25) is 0 Å². The number of piperidine rings is 1. The smallest absolute Gasteiger partial charge is 0.00170 e. The molecule has 80 valence electrons. The lowest BCUT2D eigenvalue weighted by Crippen LogP contribution is -2.38. The fraction of sp³-hybridized carbons (Fsp3) is 0.571. The Morgan fingerprint density at radius 2 is 1.93 bits per heavy atom. The molecule has 15 heavy (non-hydrogen) atoms. The van der Waals surface area contributed by atoms with Gasteiger partial charge in [0.2, 0.25) is 0 Å². The van der Waals surface area contributed by atoms with E-state index in [0.29, 0.717) is 5.41 Å². The van der Waals surface area contributed by atoms with Gasteiger partial charge >= 0.3 is 0 Å². The third-order valence-corrected chi connectivity index (χ3v) is 4.27. The zero-order chi connectivity index (χ0) is 10.3. The highest BCUT2D eigenvalue weighted by atomic mass is 14.9. The molecule has 1 heteroatoms. The monoisotopic (exact) mass is 201 g/mol. The molecule has 1 nitrogen and oxygen atoms in total. The molecular formula is C14H19N. The van der Waals surface area contributed by atoms with E-state index >= 15 is 0 Å². The molecule has 1 N–H and O–H groups in total. The summed E-state index contributed by atoms with van der Waals surface area (Å²) >= 11 is 0. The van der Waals surface area contributed by atoms with Crippen LogP contribution >= 0.6 is 0 Å². The molecule has 1 fully saturated rings. The molecule has 0 unspecified atom stereocenters. The molecule has 1 saturated heterocycles. The van der Waals surface area contributed by atoms with Crippen molar-refractivity contribution in [2.24, 2.45) is 0 Å². The summed E-state index contributed by atoms with van der Waals surface area (Å²) in [6.45, 7) is 4.61. The molecule has 2 aliphatic rings. The molecule has 0 saturated carbocycles. The Balaban J connectivity index is 2.03. The van der Waals surface area contributed by atoms with Gasteiger partial charge in [0.25, 0.3) is 0 Å². The Morgan fingerprint density at radius 1 is 1.13 bits per heavy atom. The van der Waals surface area contributed by atoms with Crippen LogP contribution in [0.4, 0.5) is 0 Å². The maximum Gasteiger partial charge on any atom is -0.00170 e. The number of hydrogen-bond acceptors (Lipinski definition) is 1. The molecule has 0 bridgehead atoms. The van der Waals surface area contributed by atoms with E-state index in [9.17, 15) is 0 Å². The molecule has 0 radical (unpaired) electrons. The average molecular weight is 201 g/mol. The van der Waals surface area contributed by atoms with Gasteiger partial charge in [-0.05, 0) is 62.2 Å². The van der Waals surface area contributed by atoms with Gasteiger partial charge in [0, 0.05) is 0 Å². The van der Waals surface area contributed by atoms with Crippen molar-refractivity contribution in [2.75, 3.05) is 13.1 Å². The molecule has 3 rings (SSSR count). The van der Waals surface area contributed by atoms with Crippen molar-refractivity contribution in [3.8, 4) is 0 Å². The van der Waals surface area contributed by atoms with Crippen molar-refractivity contribution in [2.45, 2.75) is 38.0 Å². The first-order valence-corrected chi connectivity index (χ1v) is 6.11. The van der Waals surface area contributed by atoms with E-state index in [1.165, 1.54) is 44.3 Å². The van der Waals surface area contributed by atoms with Crippen molar-refractivity contribution >= 4 is 0 Å². The zero-order valence-corrected chi connectivity index (χ0v) is 9.47. The Kier molecular flexibility index (Phi) is 2.10. The molecular weight excluding hydrogens is 182 g/mol. The van der Waals surface area contributed by atoms with Crippen molar-refractivity contribution < 1.29 is 0 Å². The van der Waals surface area contributed by atoms with Gasteiger partial charge in [-0.15, -0.1) is 0 Å². The van der Waals surface area contributed by atoms with Crippen LogP contribution in [0.5, 0.6) is 0 Å². The Labute approximate surface area is 91.9 Å². The first-order chi connectivity index (χ1) is 7.30. The van der Waals surface area contributed by atoms with Gasteiger partial charge in [-0.25, -0.2) is 0 Å². The van der Waals surface area contributed by atoms with Crippen molar-refractivity contribution in [1.29, 1.82) is 0 Å². The van der Waals surface area contributed by atoms with E-state index in [0.717, 1.165) is 0 Å². The van der Waals surface area contributed by atoms with Gasteiger partial charge in [0.05, 0.1) is 0 Å². The molecule has 1 heterocycles. The van der Waals surface area contributed by atoms with Crippen LogP contribution in [0.15, 0.2) is 18.2 Å². The molecule has 1 aliphatic carbocycles. The lowest BCUT2D eigenvalue weighted by Gasteiger charge is -2.35. The number of hydrogen-bond donors (Lipinski definition) is 1. The fourth-order valence-electron chi connectivity index (χ4n) is 3.38. The fourth-order valence-corrected chi connectivity index (χ4v) is 3.38. The summed E-state index contributed by atoms with van der Waals surface area (Å²) in [6.07, 6.45) is 5.36. The predicted molar refractivity (Wildman–Crippen MR) is 63.3 cm³/mol. The summed E-state index contributed by atoms with van der Waals surface area (Å²) in [6, 6.07) is 7.07. The minimum Gasteiger partial charge on any atom is -0.317 e. The lowest BCUT2D eigenvalue weighted by molar-refractivity contribution is 0.306. The standard InChI is InChI=1S/C14H19N/c1-11-2-3-13-12(10-11)4-5-14(13)6-8-15-9-7-14/h2-3,10,15H,4-9H2,1H3. The lowest BCUT2D eigenvalue weighted by atomic mass is 9.74. The van der Waals surface area contributed by atoms with Gasteiger partial charge in [0.1, 0.15) is 0 Å². The highest BCUT2D eigenvalue weighted by Crippen LogP contribution is 2.45. The van der Waals surface area contributed by atoms with Crippen LogP contribution in [0, 0.1) is 6.92 Å². The highest BCUT2D eigenvalue weighted by Gasteiger charge is 2.39. The average Bonchev–Trinajstić information content (AvgIpc) is 2.58. The molecule has 0 atom stereocenters. The number of rotatable bonds is 0. The zero-order valence-electron chi connectivity index (χ0n) is 9.47. The van der Waals surface area contributed by atoms with E-state index in [2.05, 4.69) is 30.4 Å². The first-order valence-electron chi connectivity index (χ1n) is 6.11. The molecule has 1 aromatic carbocycles. The van der Waals surface area contributed by atoms with Crippen LogP contribution in [0.3, 0.4) is 0 Å². The summed E-state index contributed by atoms with van der Waals surface area (Å²) in [5.74, 6) is 0. The van der Waals surface area contributed by atoms with Crippen LogP contribution in [0.25, 0.3) is 0 Å². The van der Waals surface area contributed by atoms with Crippen molar-refractivity contribution in [1.82, 2.24) is 5.32 Å². The number of fused-ring (bicyclic) bond motifs is 2. The van der Waals surface area contributed by atoms with Crippen LogP contribution in [0.1, 0.15) is 36.0 Å². The number of aryl methyl sites for hydroxylation is 2. The SMILES string of the molecule is Cc1ccc2c(c1)CCC21CCNCC1. The predicted octanol–water partition coefficient (Wildman–Crippen LogP) is 2.56. The molecule has 1 aromatic rings. The van der Waals surface area contributed by atoms with E-state index in [4.69, 9.17) is 0 Å². The summed E-state index contributed by atoms with van der Waals surface area (Å²) in [7, 11) is 0. The van der Waals surface area contributed by atoms with Crippen molar-refractivity contribution in [3.63, 3.8) is 0 Å². The first kappa shape index (κ1) is 9.41. The summed E-state index contributed by atoms with van der Waals surface area (Å²) in [4.78, 5) is 0. The van der Waals surface area contributed by atoms with Crippen LogP contribution in [-0.2, 0) is 11.8 Å². The van der Waals surface area contributed by atoms with Gasteiger partial charge in [-0.2, -0.15) is 0 Å². The van der Waals surface area contributed by atoms with E-state index in [1.807, 2.05) is 0 Å². The van der Waals surface area contributed by atoms with E-state index in [-0.39, 0.29) is 0 Å². The second kappa shape index (κ2) is 3.34. The Morgan fingerprint density at radius 3 is 2.73 bits per heavy atom. The van der Waals surface area contributed by atoms with Crippen LogP contribution in [-0.4, -0.2) is 13.1 Å². The largest absolute Gasteiger partial charge is 0.317 e. The number of benzene rings is 1. The quantitative estimate of drug-likeness (QED) is 0.680. The topological polar surface area (TPSA) is 12.0 Å². The summed E-state index contributed by atoms with van der Waals surface area (Å²) in [5.41, 5.74) is 5.24. The second-order valence-electron chi connectivity index (χ2n) is 5.19. The highest BCUT2D eigenvalue weighted by molar-refractivity contribution is 5.42. The maximum absolute atomic E-state index is 3.48. The molecule has 1 aliphatic heterocycles.